The molecule has 160 valence electrons. The highest BCUT2D eigenvalue weighted by Crippen LogP contribution is 2.31. The molecule has 1 aromatic heterocycles. The van der Waals surface area contributed by atoms with Crippen molar-refractivity contribution in [2.45, 2.75) is 44.0 Å². The normalized spacial score (nSPS) is 17.7. The van der Waals surface area contributed by atoms with Crippen LogP contribution >= 0.6 is 0 Å². The molecule has 1 saturated heterocycles. The maximum absolute atomic E-state index is 13.1. The van der Waals surface area contributed by atoms with Gasteiger partial charge < -0.3 is 14.6 Å². The number of furan rings is 1. The predicted molar refractivity (Wildman–Crippen MR) is 111 cm³/mol. The molecule has 30 heavy (non-hydrogen) atoms. The molecule has 2 amide bonds. The lowest BCUT2D eigenvalue weighted by Gasteiger charge is -2.31. The third-order valence-corrected chi connectivity index (χ3v) is 7.61. The van der Waals surface area contributed by atoms with Crippen LogP contribution in [0.2, 0.25) is 0 Å². The third kappa shape index (κ3) is 3.87. The fourth-order valence-corrected chi connectivity index (χ4v) is 5.59. The van der Waals surface area contributed by atoms with Gasteiger partial charge in [-0.05, 0) is 62.1 Å². The number of anilines is 1. The molecule has 0 radical (unpaired) electrons. The van der Waals surface area contributed by atoms with Gasteiger partial charge in [0.25, 0.3) is 5.91 Å². The summed E-state index contributed by atoms with van der Waals surface area (Å²) in [5.41, 5.74) is 1.66. The first-order chi connectivity index (χ1) is 14.3. The van der Waals surface area contributed by atoms with Crippen molar-refractivity contribution in [3.63, 3.8) is 0 Å². The summed E-state index contributed by atoms with van der Waals surface area (Å²) in [5.74, 6) is 0.610. The molecule has 2 aliphatic heterocycles. The van der Waals surface area contributed by atoms with Crippen molar-refractivity contribution in [1.82, 2.24) is 9.62 Å². The van der Waals surface area contributed by atoms with E-state index in [9.17, 15) is 18.0 Å². The largest absolute Gasteiger partial charge is 0.456 e. The second-order valence-electron chi connectivity index (χ2n) is 7.77. The summed E-state index contributed by atoms with van der Waals surface area (Å²) in [6.45, 7) is 4.53. The summed E-state index contributed by atoms with van der Waals surface area (Å²) in [5, 5.41) is 2.92. The van der Waals surface area contributed by atoms with Crippen LogP contribution in [0.5, 0.6) is 0 Å². The Bertz CT molecular complexity index is 1080. The van der Waals surface area contributed by atoms with E-state index < -0.39 is 10.0 Å². The van der Waals surface area contributed by atoms with Crippen LogP contribution in [0.1, 0.15) is 41.6 Å². The number of benzene rings is 1. The summed E-state index contributed by atoms with van der Waals surface area (Å²) >= 11 is 0. The Morgan fingerprint density at radius 3 is 2.47 bits per heavy atom. The van der Waals surface area contributed by atoms with E-state index in [1.54, 1.807) is 42.2 Å². The van der Waals surface area contributed by atoms with Gasteiger partial charge in [0.2, 0.25) is 15.9 Å². The Labute approximate surface area is 175 Å². The standard InChI is InChI=1S/C21H25N3O5S/c1-14-3-6-20(29-14)21(26)22-17-8-10-23(11-9-17)30(27,28)18-4-5-19-16(13-18)7-12-24(19)15(2)25/h3-6,13,17H,7-12H2,1-2H3,(H,22,26). The molecule has 0 bridgehead atoms. The van der Waals surface area contributed by atoms with E-state index in [1.807, 2.05) is 0 Å². The molecule has 0 atom stereocenters. The number of aryl methyl sites for hydroxylation is 1. The van der Waals surface area contributed by atoms with Crippen molar-refractivity contribution in [2.75, 3.05) is 24.5 Å². The molecule has 0 saturated carbocycles. The van der Waals surface area contributed by atoms with Crippen molar-refractivity contribution in [3.05, 3.63) is 47.4 Å². The molecule has 1 aromatic carbocycles. The van der Waals surface area contributed by atoms with Gasteiger partial charge in [0.1, 0.15) is 5.76 Å². The van der Waals surface area contributed by atoms with Crippen LogP contribution in [0.15, 0.2) is 39.6 Å². The molecule has 8 nitrogen and oxygen atoms in total. The number of nitrogens with one attached hydrogen (secondary N) is 1. The number of nitrogens with zero attached hydrogens (tertiary/aromatic N) is 2. The van der Waals surface area contributed by atoms with E-state index in [-0.39, 0.29) is 28.5 Å². The molecule has 1 N–H and O–H groups in total. The van der Waals surface area contributed by atoms with Crippen molar-refractivity contribution in [1.29, 1.82) is 0 Å². The molecule has 0 aliphatic carbocycles. The molecule has 2 aliphatic rings. The van der Waals surface area contributed by atoms with Gasteiger partial charge in [0.05, 0.1) is 4.90 Å². The number of hydrogen-bond donors (Lipinski definition) is 1. The fourth-order valence-electron chi connectivity index (χ4n) is 4.07. The van der Waals surface area contributed by atoms with Crippen LogP contribution in [0.25, 0.3) is 0 Å². The number of fused-ring (bicyclic) bond motifs is 1. The number of rotatable bonds is 4. The number of amides is 2. The van der Waals surface area contributed by atoms with E-state index in [0.29, 0.717) is 44.7 Å². The zero-order valence-electron chi connectivity index (χ0n) is 17.1. The summed E-state index contributed by atoms with van der Waals surface area (Å²) in [7, 11) is -3.62. The molecule has 0 unspecified atom stereocenters. The molecular formula is C21H25N3O5S. The molecule has 2 aromatic rings. The van der Waals surface area contributed by atoms with E-state index in [4.69, 9.17) is 4.42 Å². The Morgan fingerprint density at radius 2 is 1.83 bits per heavy atom. The number of hydrogen-bond acceptors (Lipinski definition) is 5. The minimum atomic E-state index is -3.62. The van der Waals surface area contributed by atoms with Gasteiger partial charge in [0, 0.05) is 38.3 Å². The zero-order chi connectivity index (χ0) is 21.5. The van der Waals surface area contributed by atoms with Gasteiger partial charge >= 0.3 is 0 Å². The molecule has 0 spiro atoms. The van der Waals surface area contributed by atoms with Gasteiger partial charge in [-0.15, -0.1) is 0 Å². The Morgan fingerprint density at radius 1 is 1.10 bits per heavy atom. The minimum absolute atomic E-state index is 0.0433. The van der Waals surface area contributed by atoms with Gasteiger partial charge in [-0.2, -0.15) is 4.31 Å². The van der Waals surface area contributed by atoms with Gasteiger partial charge in [0.15, 0.2) is 5.76 Å². The lowest BCUT2D eigenvalue weighted by molar-refractivity contribution is -0.116. The number of sulfonamides is 1. The molecular weight excluding hydrogens is 406 g/mol. The lowest BCUT2D eigenvalue weighted by atomic mass is 10.1. The van der Waals surface area contributed by atoms with Crippen LogP contribution in [-0.4, -0.2) is 50.2 Å². The maximum Gasteiger partial charge on any atom is 0.287 e. The number of piperidine rings is 1. The smallest absolute Gasteiger partial charge is 0.287 e. The maximum atomic E-state index is 13.1. The SMILES string of the molecule is CC(=O)N1CCc2cc(S(=O)(=O)N3CCC(NC(=O)c4ccc(C)o4)CC3)ccc21. The Kier molecular flexibility index (Phi) is 5.42. The van der Waals surface area contributed by atoms with E-state index >= 15 is 0 Å². The third-order valence-electron chi connectivity index (χ3n) is 5.72. The average molecular weight is 432 g/mol. The fraction of sp³-hybridized carbons (Fsp3) is 0.429. The summed E-state index contributed by atoms with van der Waals surface area (Å²) in [4.78, 5) is 25.9. The molecule has 9 heteroatoms. The van der Waals surface area contributed by atoms with Crippen LogP contribution in [0.4, 0.5) is 5.69 Å². The highest BCUT2D eigenvalue weighted by Gasteiger charge is 2.32. The predicted octanol–water partition coefficient (Wildman–Crippen LogP) is 2.08. The topological polar surface area (TPSA) is 99.9 Å². The Balaban J connectivity index is 1.41. The van der Waals surface area contributed by atoms with Crippen LogP contribution in [-0.2, 0) is 21.2 Å². The van der Waals surface area contributed by atoms with Crippen molar-refractivity contribution in [2.24, 2.45) is 0 Å². The van der Waals surface area contributed by atoms with Gasteiger partial charge in [-0.1, -0.05) is 0 Å². The highest BCUT2D eigenvalue weighted by molar-refractivity contribution is 7.89. The van der Waals surface area contributed by atoms with Crippen LogP contribution in [0, 0.1) is 6.92 Å². The second kappa shape index (κ2) is 7.88. The average Bonchev–Trinajstić information content (AvgIpc) is 3.34. The van der Waals surface area contributed by atoms with Crippen LogP contribution in [0.3, 0.4) is 0 Å². The van der Waals surface area contributed by atoms with E-state index in [2.05, 4.69) is 5.32 Å². The molecule has 4 rings (SSSR count). The summed E-state index contributed by atoms with van der Waals surface area (Å²) in [6.07, 6.45) is 1.72. The lowest BCUT2D eigenvalue weighted by Crippen LogP contribution is -2.46. The summed E-state index contributed by atoms with van der Waals surface area (Å²) < 4.78 is 33.0. The van der Waals surface area contributed by atoms with Gasteiger partial charge in [-0.25, -0.2) is 8.42 Å². The quantitative estimate of drug-likeness (QED) is 0.799. The first-order valence-corrected chi connectivity index (χ1v) is 11.5. The zero-order valence-corrected chi connectivity index (χ0v) is 17.9. The number of carbonyl (C=O) groups is 2. The van der Waals surface area contributed by atoms with Gasteiger partial charge in [-0.3, -0.25) is 9.59 Å². The second-order valence-corrected chi connectivity index (χ2v) is 9.71. The van der Waals surface area contributed by atoms with Crippen molar-refractivity contribution < 1.29 is 22.4 Å². The summed E-state index contributed by atoms with van der Waals surface area (Å²) in [6, 6.07) is 8.23. The van der Waals surface area contributed by atoms with Crippen LogP contribution < -0.4 is 10.2 Å². The highest BCUT2D eigenvalue weighted by atomic mass is 32.2. The van der Waals surface area contributed by atoms with E-state index in [1.165, 1.54) is 11.2 Å². The Hall–Kier alpha value is -2.65. The van der Waals surface area contributed by atoms with Crippen molar-refractivity contribution in [3.8, 4) is 0 Å². The monoisotopic (exact) mass is 431 g/mol. The van der Waals surface area contributed by atoms with Crippen molar-refractivity contribution >= 4 is 27.5 Å². The first kappa shape index (κ1) is 20.6. The molecule has 1 fully saturated rings. The number of carbonyl (C=O) groups excluding carboxylic acids is 2. The molecule has 3 heterocycles. The van der Waals surface area contributed by atoms with E-state index in [0.717, 1.165) is 11.3 Å². The first-order valence-electron chi connectivity index (χ1n) is 10.0. The minimum Gasteiger partial charge on any atom is -0.456 e.